The van der Waals surface area contributed by atoms with Gasteiger partial charge in [0.25, 0.3) is 0 Å². The summed E-state index contributed by atoms with van der Waals surface area (Å²) in [6.07, 6.45) is -0.0314. The van der Waals surface area contributed by atoms with Gasteiger partial charge in [-0.2, -0.15) is 0 Å². The fraction of sp³-hybridized carbons (Fsp3) is 0.800. The molecule has 5 heteroatoms. The van der Waals surface area contributed by atoms with Crippen LogP contribution in [0, 0.1) is 11.8 Å². The number of piperidine rings is 1. The molecule has 1 saturated carbocycles. The molecule has 15 heavy (non-hydrogen) atoms. The topological polar surface area (TPSA) is 61.4 Å². The zero-order chi connectivity index (χ0) is 11.0. The Morgan fingerprint density at radius 2 is 1.93 bits per heavy atom. The molecule has 0 aromatic rings. The molecule has 2 N–H and O–H groups in total. The van der Waals surface area contributed by atoms with Crippen LogP contribution in [0.25, 0.3) is 0 Å². The molecule has 5 nitrogen and oxygen atoms in total. The minimum atomic E-state index is -0.145. The lowest BCUT2D eigenvalue weighted by molar-refractivity contribution is -0.134. The highest BCUT2D eigenvalue weighted by atomic mass is 16.2. The number of rotatable bonds is 3. The van der Waals surface area contributed by atoms with Gasteiger partial charge in [0.2, 0.25) is 11.8 Å². The molecule has 1 aliphatic heterocycles. The molecule has 0 radical (unpaired) electrons. The molecule has 2 unspecified atom stereocenters. The van der Waals surface area contributed by atoms with Gasteiger partial charge in [-0.3, -0.25) is 9.59 Å². The molecule has 0 aromatic heterocycles. The molecule has 1 aliphatic carbocycles. The van der Waals surface area contributed by atoms with Crippen molar-refractivity contribution >= 4 is 11.8 Å². The van der Waals surface area contributed by atoms with Crippen LogP contribution in [-0.2, 0) is 9.59 Å². The highest BCUT2D eigenvalue weighted by molar-refractivity contribution is 5.96. The van der Waals surface area contributed by atoms with E-state index in [9.17, 15) is 9.59 Å². The predicted octanol–water partition coefficient (Wildman–Crippen LogP) is -1.20. The summed E-state index contributed by atoms with van der Waals surface area (Å²) < 4.78 is 0. The molecule has 2 aliphatic rings. The minimum absolute atomic E-state index is 0.0314. The van der Waals surface area contributed by atoms with Crippen LogP contribution in [0.3, 0.4) is 0 Å². The van der Waals surface area contributed by atoms with Crippen molar-refractivity contribution in [2.45, 2.75) is 12.5 Å². The molecule has 84 valence electrons. The van der Waals surface area contributed by atoms with E-state index >= 15 is 0 Å². The number of hydrogen-bond acceptors (Lipinski definition) is 3. The zero-order valence-electron chi connectivity index (χ0n) is 9.12. The normalized spacial score (nSPS) is 32.0. The molecule has 2 rings (SSSR count). The van der Waals surface area contributed by atoms with E-state index in [1.807, 2.05) is 0 Å². The summed E-state index contributed by atoms with van der Waals surface area (Å²) >= 11 is 0. The SMILES string of the molecule is CN(C)C(=O)CC(=O)NC1C2CNCC21. The van der Waals surface area contributed by atoms with Crippen LogP contribution >= 0.6 is 0 Å². The maximum atomic E-state index is 11.5. The second-order valence-corrected chi connectivity index (χ2v) is 4.54. The van der Waals surface area contributed by atoms with Gasteiger partial charge in [0, 0.05) is 33.2 Å². The van der Waals surface area contributed by atoms with Gasteiger partial charge in [-0.05, 0) is 11.8 Å². The van der Waals surface area contributed by atoms with Gasteiger partial charge in [0.05, 0.1) is 0 Å². The van der Waals surface area contributed by atoms with Crippen molar-refractivity contribution in [1.29, 1.82) is 0 Å². The van der Waals surface area contributed by atoms with Crippen LogP contribution in [0.4, 0.5) is 0 Å². The van der Waals surface area contributed by atoms with Crippen LogP contribution in [0.5, 0.6) is 0 Å². The number of nitrogens with one attached hydrogen (secondary N) is 2. The van der Waals surface area contributed by atoms with Crippen molar-refractivity contribution in [3.63, 3.8) is 0 Å². The van der Waals surface area contributed by atoms with Crippen molar-refractivity contribution < 1.29 is 9.59 Å². The molecule has 2 amide bonds. The summed E-state index contributed by atoms with van der Waals surface area (Å²) in [6, 6.07) is 0.314. The maximum Gasteiger partial charge on any atom is 0.231 e. The number of fused-ring (bicyclic) bond motifs is 1. The summed E-state index contributed by atoms with van der Waals surface area (Å²) in [5.41, 5.74) is 0. The smallest absolute Gasteiger partial charge is 0.231 e. The number of nitrogens with zero attached hydrogens (tertiary/aromatic N) is 1. The fourth-order valence-electron chi connectivity index (χ4n) is 2.16. The first-order chi connectivity index (χ1) is 7.09. The Bertz CT molecular complexity index is 280. The van der Waals surface area contributed by atoms with Gasteiger partial charge >= 0.3 is 0 Å². The third kappa shape index (κ3) is 2.12. The van der Waals surface area contributed by atoms with E-state index in [4.69, 9.17) is 0 Å². The lowest BCUT2D eigenvalue weighted by Gasteiger charge is -2.11. The lowest BCUT2D eigenvalue weighted by atomic mass is 10.3. The average molecular weight is 211 g/mol. The second-order valence-electron chi connectivity index (χ2n) is 4.54. The number of amides is 2. The third-order valence-electron chi connectivity index (χ3n) is 3.23. The molecule has 0 aromatic carbocycles. The van der Waals surface area contributed by atoms with Gasteiger partial charge in [-0.15, -0.1) is 0 Å². The van der Waals surface area contributed by atoms with E-state index in [1.54, 1.807) is 14.1 Å². The highest BCUT2D eigenvalue weighted by Gasteiger charge is 2.53. The lowest BCUT2D eigenvalue weighted by Crippen LogP contribution is -2.35. The molecular weight excluding hydrogens is 194 g/mol. The molecule has 2 atom stereocenters. The molecule has 1 saturated heterocycles. The highest BCUT2D eigenvalue weighted by Crippen LogP contribution is 2.41. The Morgan fingerprint density at radius 1 is 1.33 bits per heavy atom. The maximum absolute atomic E-state index is 11.5. The van der Waals surface area contributed by atoms with Crippen LogP contribution in [0.15, 0.2) is 0 Å². The van der Waals surface area contributed by atoms with Gasteiger partial charge in [0.15, 0.2) is 0 Å². The van der Waals surface area contributed by atoms with Crippen molar-refractivity contribution in [3.8, 4) is 0 Å². The zero-order valence-corrected chi connectivity index (χ0v) is 9.12. The van der Waals surface area contributed by atoms with Gasteiger partial charge in [-0.1, -0.05) is 0 Å². The number of carbonyl (C=O) groups is 2. The Kier molecular flexibility index (Phi) is 2.65. The summed E-state index contributed by atoms with van der Waals surface area (Å²) in [7, 11) is 3.32. The van der Waals surface area contributed by atoms with Crippen molar-refractivity contribution in [2.24, 2.45) is 11.8 Å². The van der Waals surface area contributed by atoms with Gasteiger partial charge < -0.3 is 15.5 Å². The van der Waals surface area contributed by atoms with Crippen LogP contribution in [-0.4, -0.2) is 49.9 Å². The second kappa shape index (κ2) is 3.81. The molecule has 2 fully saturated rings. The summed E-state index contributed by atoms with van der Waals surface area (Å²) in [5, 5.41) is 6.17. The van der Waals surface area contributed by atoms with E-state index in [0.29, 0.717) is 17.9 Å². The van der Waals surface area contributed by atoms with E-state index in [2.05, 4.69) is 10.6 Å². The Labute approximate surface area is 89.2 Å². The van der Waals surface area contributed by atoms with E-state index < -0.39 is 0 Å². The minimum Gasteiger partial charge on any atom is -0.352 e. The predicted molar refractivity (Wildman–Crippen MR) is 55.1 cm³/mol. The first kappa shape index (κ1) is 10.4. The van der Waals surface area contributed by atoms with Crippen LogP contribution in [0.2, 0.25) is 0 Å². The standard InChI is InChI=1S/C10H17N3O2/c1-13(2)9(15)3-8(14)12-10-6-4-11-5-7(6)10/h6-7,10-11H,3-5H2,1-2H3,(H,12,14). The van der Waals surface area contributed by atoms with Crippen molar-refractivity contribution in [2.75, 3.05) is 27.2 Å². The van der Waals surface area contributed by atoms with Crippen molar-refractivity contribution in [1.82, 2.24) is 15.5 Å². The van der Waals surface area contributed by atoms with E-state index in [0.717, 1.165) is 13.1 Å². The number of hydrogen-bond donors (Lipinski definition) is 2. The molecule has 0 bridgehead atoms. The Morgan fingerprint density at radius 3 is 2.47 bits per heavy atom. The van der Waals surface area contributed by atoms with E-state index in [1.165, 1.54) is 4.90 Å². The van der Waals surface area contributed by atoms with Gasteiger partial charge in [-0.25, -0.2) is 0 Å². The fourth-order valence-corrected chi connectivity index (χ4v) is 2.16. The third-order valence-corrected chi connectivity index (χ3v) is 3.23. The monoisotopic (exact) mass is 211 g/mol. The Hall–Kier alpha value is -1.10. The summed E-state index contributed by atoms with van der Waals surface area (Å²) in [4.78, 5) is 24.2. The van der Waals surface area contributed by atoms with E-state index in [-0.39, 0.29) is 18.2 Å². The largest absolute Gasteiger partial charge is 0.352 e. The first-order valence-corrected chi connectivity index (χ1v) is 5.30. The Balaban J connectivity index is 1.72. The molecular formula is C10H17N3O2. The molecule has 0 spiro atoms. The van der Waals surface area contributed by atoms with Crippen LogP contribution < -0.4 is 10.6 Å². The first-order valence-electron chi connectivity index (χ1n) is 5.30. The quantitative estimate of drug-likeness (QED) is 0.576. The summed E-state index contributed by atoms with van der Waals surface area (Å²) in [5.74, 6) is 0.913. The van der Waals surface area contributed by atoms with Gasteiger partial charge in [0.1, 0.15) is 6.42 Å². The molecule has 1 heterocycles. The number of carbonyl (C=O) groups excluding carboxylic acids is 2. The average Bonchev–Trinajstić information content (AvgIpc) is 2.63. The van der Waals surface area contributed by atoms with Crippen molar-refractivity contribution in [3.05, 3.63) is 0 Å². The van der Waals surface area contributed by atoms with Crippen LogP contribution in [0.1, 0.15) is 6.42 Å². The summed E-state index contributed by atoms with van der Waals surface area (Å²) in [6.45, 7) is 1.99.